The van der Waals surface area contributed by atoms with E-state index in [0.717, 1.165) is 4.90 Å². The minimum atomic E-state index is -1.02. The number of halogens is 1. The molecule has 7 nitrogen and oxygen atoms in total. The van der Waals surface area contributed by atoms with Crippen LogP contribution < -0.4 is 5.32 Å². The van der Waals surface area contributed by atoms with Crippen molar-refractivity contribution in [2.24, 2.45) is 0 Å². The molecule has 1 atom stereocenters. The van der Waals surface area contributed by atoms with Crippen molar-refractivity contribution < 1.29 is 18.8 Å². The van der Waals surface area contributed by atoms with Gasteiger partial charge < -0.3 is 9.73 Å². The average Bonchev–Trinajstić information content (AvgIpc) is 3.32. The van der Waals surface area contributed by atoms with Gasteiger partial charge in [0.2, 0.25) is 11.8 Å². The molecule has 158 valence electrons. The van der Waals surface area contributed by atoms with Crippen LogP contribution in [0.2, 0.25) is 5.02 Å². The van der Waals surface area contributed by atoms with Crippen LogP contribution in [0.3, 0.4) is 0 Å². The number of carbonyl (C=O) groups is 3. The van der Waals surface area contributed by atoms with E-state index in [2.05, 4.69) is 10.3 Å². The number of carbonyl (C=O) groups excluding carboxylic acids is 3. The van der Waals surface area contributed by atoms with Crippen LogP contribution in [0.15, 0.2) is 71.1 Å². The highest BCUT2D eigenvalue weighted by molar-refractivity contribution is 6.31. The highest BCUT2D eigenvalue weighted by Gasteiger charge is 2.40. The summed E-state index contributed by atoms with van der Waals surface area (Å²) in [5.41, 5.74) is 2.74. The van der Waals surface area contributed by atoms with Crippen molar-refractivity contribution in [3.63, 3.8) is 0 Å². The Hall–Kier alpha value is -3.97. The Kier molecular flexibility index (Phi) is 4.75. The van der Waals surface area contributed by atoms with Crippen LogP contribution in [0, 0.1) is 0 Å². The second-order valence-electron chi connectivity index (χ2n) is 7.37. The van der Waals surface area contributed by atoms with Gasteiger partial charge in [0.1, 0.15) is 11.6 Å². The number of rotatable bonds is 4. The predicted molar refractivity (Wildman–Crippen MR) is 119 cm³/mol. The van der Waals surface area contributed by atoms with Crippen LogP contribution in [0.4, 0.5) is 5.69 Å². The van der Waals surface area contributed by atoms with Crippen molar-refractivity contribution in [2.75, 3.05) is 5.32 Å². The summed E-state index contributed by atoms with van der Waals surface area (Å²) in [6, 6.07) is 17.6. The van der Waals surface area contributed by atoms with Gasteiger partial charge in [-0.25, -0.2) is 4.98 Å². The van der Waals surface area contributed by atoms with E-state index in [1.165, 1.54) is 6.92 Å². The molecule has 1 aromatic heterocycles. The smallest absolute Gasteiger partial charge is 0.262 e. The van der Waals surface area contributed by atoms with Crippen LogP contribution >= 0.6 is 11.6 Å². The molecule has 0 bridgehead atoms. The molecule has 32 heavy (non-hydrogen) atoms. The Morgan fingerprint density at radius 2 is 1.59 bits per heavy atom. The summed E-state index contributed by atoms with van der Waals surface area (Å²) < 4.78 is 5.83. The standard InChI is InChI=1S/C24H16ClN3O4/c1-13(28-23(30)15-6-2-3-7-16(15)24(28)31)21(29)26-18-9-5-4-8-17(18)22-27-19-12-14(25)10-11-20(19)32-22/h2-13H,1H3,(H,26,29). The molecule has 0 saturated heterocycles. The number of amides is 3. The number of oxazole rings is 1. The quantitative estimate of drug-likeness (QED) is 0.457. The SMILES string of the molecule is CC(C(=O)Nc1ccccc1-c1nc2cc(Cl)ccc2o1)N1C(=O)c2ccccc2C1=O. The van der Waals surface area contributed by atoms with Crippen molar-refractivity contribution in [3.8, 4) is 11.5 Å². The third-order valence-corrected chi connectivity index (χ3v) is 5.59. The zero-order valence-electron chi connectivity index (χ0n) is 16.8. The van der Waals surface area contributed by atoms with Crippen LogP contribution in [0.1, 0.15) is 27.6 Å². The third-order valence-electron chi connectivity index (χ3n) is 5.36. The Labute approximate surface area is 187 Å². The van der Waals surface area contributed by atoms with Crippen LogP contribution in [-0.4, -0.2) is 33.6 Å². The van der Waals surface area contributed by atoms with E-state index < -0.39 is 23.8 Å². The third kappa shape index (κ3) is 3.23. The van der Waals surface area contributed by atoms with Crippen molar-refractivity contribution in [1.29, 1.82) is 0 Å². The molecular weight excluding hydrogens is 430 g/mol. The maximum atomic E-state index is 13.0. The van der Waals surface area contributed by atoms with Gasteiger partial charge in [0.25, 0.3) is 11.8 Å². The van der Waals surface area contributed by atoms with E-state index in [-0.39, 0.29) is 0 Å². The lowest BCUT2D eigenvalue weighted by molar-refractivity contribution is -0.119. The Morgan fingerprint density at radius 3 is 2.28 bits per heavy atom. The predicted octanol–water partition coefficient (Wildman–Crippen LogP) is 4.77. The van der Waals surface area contributed by atoms with E-state index in [4.69, 9.17) is 16.0 Å². The van der Waals surface area contributed by atoms with Crippen LogP contribution in [-0.2, 0) is 4.79 Å². The number of hydrogen-bond donors (Lipinski definition) is 1. The summed E-state index contributed by atoms with van der Waals surface area (Å²) in [5.74, 6) is -1.17. The average molecular weight is 446 g/mol. The summed E-state index contributed by atoms with van der Waals surface area (Å²) in [7, 11) is 0. The molecule has 1 N–H and O–H groups in total. The van der Waals surface area contributed by atoms with Crippen LogP contribution in [0.5, 0.6) is 0 Å². The van der Waals surface area contributed by atoms with Gasteiger partial charge in [-0.3, -0.25) is 19.3 Å². The molecule has 2 heterocycles. The molecular formula is C24H16ClN3O4. The molecule has 5 rings (SSSR count). The van der Waals surface area contributed by atoms with Crippen molar-refractivity contribution in [3.05, 3.63) is 82.9 Å². The van der Waals surface area contributed by atoms with E-state index in [9.17, 15) is 14.4 Å². The van der Waals surface area contributed by atoms with Crippen molar-refractivity contribution >= 4 is 46.1 Å². The lowest BCUT2D eigenvalue weighted by atomic mass is 10.1. The molecule has 1 aliphatic heterocycles. The van der Waals surface area contributed by atoms with Crippen molar-refractivity contribution in [2.45, 2.75) is 13.0 Å². The maximum absolute atomic E-state index is 13.0. The normalized spacial score (nSPS) is 14.0. The lowest BCUT2D eigenvalue weighted by Crippen LogP contribution is -2.45. The molecule has 0 aliphatic carbocycles. The summed E-state index contributed by atoms with van der Waals surface area (Å²) in [5, 5.41) is 3.33. The minimum Gasteiger partial charge on any atom is -0.436 e. The molecule has 0 spiro atoms. The molecule has 1 aliphatic rings. The van der Waals surface area contributed by atoms with Crippen molar-refractivity contribution in [1.82, 2.24) is 9.88 Å². The first-order valence-electron chi connectivity index (χ1n) is 9.87. The zero-order chi connectivity index (χ0) is 22.4. The Balaban J connectivity index is 1.43. The van der Waals surface area contributed by atoms with E-state index in [0.29, 0.717) is 44.4 Å². The van der Waals surface area contributed by atoms with Gasteiger partial charge in [-0.2, -0.15) is 0 Å². The molecule has 1 unspecified atom stereocenters. The van der Waals surface area contributed by atoms with Gasteiger partial charge >= 0.3 is 0 Å². The van der Waals surface area contributed by atoms with Gasteiger partial charge in [0.05, 0.1) is 22.4 Å². The number of benzene rings is 3. The van der Waals surface area contributed by atoms with Gasteiger partial charge in [0, 0.05) is 5.02 Å². The second kappa shape index (κ2) is 7.62. The molecule has 8 heteroatoms. The van der Waals surface area contributed by atoms with E-state index in [1.807, 2.05) is 0 Å². The number of nitrogens with zero attached hydrogens (tertiary/aromatic N) is 2. The first kappa shape index (κ1) is 20.0. The van der Waals surface area contributed by atoms with Gasteiger partial charge in [-0.1, -0.05) is 35.9 Å². The fourth-order valence-electron chi connectivity index (χ4n) is 3.71. The summed E-state index contributed by atoms with van der Waals surface area (Å²) in [4.78, 5) is 43.9. The monoisotopic (exact) mass is 445 g/mol. The van der Waals surface area contributed by atoms with E-state index >= 15 is 0 Å². The minimum absolute atomic E-state index is 0.294. The number of imide groups is 1. The summed E-state index contributed by atoms with van der Waals surface area (Å²) in [6.07, 6.45) is 0. The highest BCUT2D eigenvalue weighted by Crippen LogP contribution is 2.32. The fraction of sp³-hybridized carbons (Fsp3) is 0.0833. The maximum Gasteiger partial charge on any atom is 0.262 e. The lowest BCUT2D eigenvalue weighted by Gasteiger charge is -2.22. The highest BCUT2D eigenvalue weighted by atomic mass is 35.5. The molecule has 0 fully saturated rings. The zero-order valence-corrected chi connectivity index (χ0v) is 17.6. The van der Waals surface area contributed by atoms with Gasteiger partial charge in [-0.15, -0.1) is 0 Å². The van der Waals surface area contributed by atoms with E-state index in [1.54, 1.807) is 66.7 Å². The second-order valence-corrected chi connectivity index (χ2v) is 7.80. The van der Waals surface area contributed by atoms with Crippen LogP contribution in [0.25, 0.3) is 22.6 Å². The van der Waals surface area contributed by atoms with Gasteiger partial charge in [0.15, 0.2) is 5.58 Å². The topological polar surface area (TPSA) is 92.5 Å². The molecule has 3 aromatic carbocycles. The molecule has 0 saturated carbocycles. The first-order valence-corrected chi connectivity index (χ1v) is 10.2. The summed E-state index contributed by atoms with van der Waals surface area (Å²) in [6.45, 7) is 1.51. The number of anilines is 1. The van der Waals surface area contributed by atoms with Gasteiger partial charge in [-0.05, 0) is 49.4 Å². The number of para-hydroxylation sites is 1. The Bertz CT molecular complexity index is 1380. The first-order chi connectivity index (χ1) is 15.4. The molecule has 0 radical (unpaired) electrons. The number of hydrogen-bond acceptors (Lipinski definition) is 5. The number of nitrogens with one attached hydrogen (secondary N) is 1. The fourth-order valence-corrected chi connectivity index (χ4v) is 3.87. The molecule has 3 amide bonds. The number of aromatic nitrogens is 1. The number of fused-ring (bicyclic) bond motifs is 2. The Morgan fingerprint density at radius 1 is 0.969 bits per heavy atom. The largest absolute Gasteiger partial charge is 0.436 e. The summed E-state index contributed by atoms with van der Waals surface area (Å²) >= 11 is 6.03. The molecule has 4 aromatic rings.